The van der Waals surface area contributed by atoms with Crippen molar-refractivity contribution in [1.29, 1.82) is 0 Å². The predicted octanol–water partition coefficient (Wildman–Crippen LogP) is 4.13. The number of amides is 1. The third-order valence-electron chi connectivity index (χ3n) is 3.58. The Hall–Kier alpha value is -0.830. The van der Waals surface area contributed by atoms with Crippen molar-refractivity contribution in [2.45, 2.75) is 33.1 Å². The fraction of sp³-hybridized carbons (Fsp3) is 0.500. The first kappa shape index (κ1) is 12.6. The van der Waals surface area contributed by atoms with Crippen LogP contribution in [0.4, 0.5) is 5.69 Å². The maximum Gasteiger partial charge on any atom is 0.227 e. The number of benzene rings is 1. The van der Waals surface area contributed by atoms with Crippen molar-refractivity contribution >= 4 is 27.5 Å². The number of hydrogen-bond acceptors (Lipinski definition) is 1. The molecule has 0 bridgehead atoms. The average molecular weight is 296 g/mol. The fourth-order valence-corrected chi connectivity index (χ4v) is 3.07. The summed E-state index contributed by atoms with van der Waals surface area (Å²) in [5, 5.41) is 3.02. The van der Waals surface area contributed by atoms with E-state index >= 15 is 0 Å². The van der Waals surface area contributed by atoms with E-state index in [0.717, 1.165) is 16.6 Å². The monoisotopic (exact) mass is 295 g/mol. The maximum absolute atomic E-state index is 12.1. The first-order valence-corrected chi connectivity index (χ1v) is 6.94. The summed E-state index contributed by atoms with van der Waals surface area (Å²) in [5.74, 6) is 0.863. The van der Waals surface area contributed by atoms with Gasteiger partial charge in [-0.25, -0.2) is 0 Å². The second kappa shape index (κ2) is 5.21. The molecular weight excluding hydrogens is 278 g/mol. The van der Waals surface area contributed by atoms with Crippen molar-refractivity contribution in [3.05, 3.63) is 28.2 Å². The summed E-state index contributed by atoms with van der Waals surface area (Å²) in [6.45, 7) is 4.21. The molecule has 2 unspecified atom stereocenters. The van der Waals surface area contributed by atoms with E-state index in [0.29, 0.717) is 5.92 Å². The minimum atomic E-state index is 0.166. The molecule has 2 rings (SSSR count). The summed E-state index contributed by atoms with van der Waals surface area (Å²) in [6, 6.07) is 5.99. The van der Waals surface area contributed by atoms with E-state index < -0.39 is 0 Å². The molecule has 2 nitrogen and oxygen atoms in total. The van der Waals surface area contributed by atoms with Crippen molar-refractivity contribution < 1.29 is 4.79 Å². The lowest BCUT2D eigenvalue weighted by molar-refractivity contribution is -0.120. The summed E-state index contributed by atoms with van der Waals surface area (Å²) < 4.78 is 0.955. The number of nitrogens with one attached hydrogen (secondary N) is 1. The van der Waals surface area contributed by atoms with Crippen LogP contribution in [0.15, 0.2) is 22.7 Å². The van der Waals surface area contributed by atoms with Gasteiger partial charge in [-0.15, -0.1) is 0 Å². The first-order chi connectivity index (χ1) is 8.08. The van der Waals surface area contributed by atoms with Gasteiger partial charge in [0.1, 0.15) is 0 Å². The number of anilines is 1. The van der Waals surface area contributed by atoms with Crippen molar-refractivity contribution in [3.8, 4) is 0 Å². The van der Waals surface area contributed by atoms with E-state index in [2.05, 4.69) is 28.2 Å². The molecule has 2 atom stereocenters. The topological polar surface area (TPSA) is 29.1 Å². The van der Waals surface area contributed by atoms with Crippen LogP contribution in [0.5, 0.6) is 0 Å². The molecule has 1 saturated carbocycles. The number of halogens is 1. The van der Waals surface area contributed by atoms with Gasteiger partial charge >= 0.3 is 0 Å². The number of carbonyl (C=O) groups is 1. The zero-order valence-corrected chi connectivity index (χ0v) is 11.9. The molecule has 1 aliphatic carbocycles. The smallest absolute Gasteiger partial charge is 0.227 e. The van der Waals surface area contributed by atoms with Crippen molar-refractivity contribution in [2.75, 3.05) is 5.32 Å². The molecule has 1 N–H and O–H groups in total. The highest BCUT2D eigenvalue weighted by atomic mass is 79.9. The minimum Gasteiger partial charge on any atom is -0.325 e. The van der Waals surface area contributed by atoms with Gasteiger partial charge in [0, 0.05) is 10.4 Å². The van der Waals surface area contributed by atoms with Crippen LogP contribution >= 0.6 is 15.9 Å². The summed E-state index contributed by atoms with van der Waals surface area (Å²) in [4.78, 5) is 12.1. The Balaban J connectivity index is 2.07. The van der Waals surface area contributed by atoms with Gasteiger partial charge in [-0.3, -0.25) is 4.79 Å². The normalized spacial score (nSPS) is 23.7. The van der Waals surface area contributed by atoms with E-state index in [1.807, 2.05) is 25.1 Å². The molecule has 0 heterocycles. The van der Waals surface area contributed by atoms with Crippen LogP contribution in [0.2, 0.25) is 0 Å². The highest BCUT2D eigenvalue weighted by molar-refractivity contribution is 9.10. The molecule has 0 radical (unpaired) electrons. The lowest BCUT2D eigenvalue weighted by atomic mass is 9.97. The van der Waals surface area contributed by atoms with Crippen LogP contribution in [0, 0.1) is 18.8 Å². The molecule has 17 heavy (non-hydrogen) atoms. The van der Waals surface area contributed by atoms with Gasteiger partial charge in [0.2, 0.25) is 5.91 Å². The third kappa shape index (κ3) is 2.89. The Morgan fingerprint density at radius 3 is 2.76 bits per heavy atom. The highest BCUT2D eigenvalue weighted by Crippen LogP contribution is 2.33. The SMILES string of the molecule is Cc1ccc(NC(=O)C2CCCC2C)c(Br)c1. The average Bonchev–Trinajstić information content (AvgIpc) is 2.68. The molecule has 0 aromatic heterocycles. The standard InChI is InChI=1S/C14H18BrNO/c1-9-6-7-13(12(15)8-9)16-14(17)11-5-3-4-10(11)2/h6-8,10-11H,3-5H2,1-2H3,(H,16,17). The van der Waals surface area contributed by atoms with E-state index in [1.54, 1.807) is 0 Å². The zero-order valence-electron chi connectivity index (χ0n) is 10.3. The Labute approximate surface area is 111 Å². The van der Waals surface area contributed by atoms with E-state index in [1.165, 1.54) is 18.4 Å². The Morgan fingerprint density at radius 2 is 2.18 bits per heavy atom. The number of rotatable bonds is 2. The lowest BCUT2D eigenvalue weighted by Crippen LogP contribution is -2.24. The molecule has 92 valence electrons. The predicted molar refractivity (Wildman–Crippen MR) is 74.0 cm³/mol. The van der Waals surface area contributed by atoms with E-state index in [9.17, 15) is 4.79 Å². The van der Waals surface area contributed by atoms with Gasteiger partial charge in [-0.05, 0) is 59.3 Å². The summed E-state index contributed by atoms with van der Waals surface area (Å²) in [6.07, 6.45) is 3.37. The van der Waals surface area contributed by atoms with Crippen LogP contribution in [-0.2, 0) is 4.79 Å². The Bertz CT molecular complexity index is 430. The van der Waals surface area contributed by atoms with Gasteiger partial charge < -0.3 is 5.32 Å². The number of carbonyl (C=O) groups excluding carboxylic acids is 1. The molecule has 0 spiro atoms. The number of hydrogen-bond donors (Lipinski definition) is 1. The third-order valence-corrected chi connectivity index (χ3v) is 4.24. The van der Waals surface area contributed by atoms with Crippen LogP contribution < -0.4 is 5.32 Å². The molecule has 1 amide bonds. The van der Waals surface area contributed by atoms with Crippen LogP contribution in [0.25, 0.3) is 0 Å². The summed E-state index contributed by atoms with van der Waals surface area (Å²) >= 11 is 3.48. The molecule has 0 aliphatic heterocycles. The second-order valence-electron chi connectivity index (χ2n) is 4.99. The van der Waals surface area contributed by atoms with Gasteiger partial charge in [-0.2, -0.15) is 0 Å². The fourth-order valence-electron chi connectivity index (χ4n) is 2.48. The molecule has 1 aromatic carbocycles. The van der Waals surface area contributed by atoms with Gasteiger partial charge in [0.25, 0.3) is 0 Å². The molecule has 1 aromatic rings. The van der Waals surface area contributed by atoms with Gasteiger partial charge in [-0.1, -0.05) is 19.4 Å². The van der Waals surface area contributed by atoms with Crippen molar-refractivity contribution in [1.82, 2.24) is 0 Å². The van der Waals surface area contributed by atoms with Crippen molar-refractivity contribution in [2.24, 2.45) is 11.8 Å². The number of aryl methyl sites for hydroxylation is 1. The molecule has 0 saturated heterocycles. The summed E-state index contributed by atoms with van der Waals surface area (Å²) in [7, 11) is 0. The largest absolute Gasteiger partial charge is 0.325 e. The Kier molecular flexibility index (Phi) is 3.87. The quantitative estimate of drug-likeness (QED) is 0.873. The molecule has 1 aliphatic rings. The van der Waals surface area contributed by atoms with Crippen LogP contribution in [0.1, 0.15) is 31.7 Å². The maximum atomic E-state index is 12.1. The molecular formula is C14H18BrNO. The second-order valence-corrected chi connectivity index (χ2v) is 5.84. The lowest BCUT2D eigenvalue weighted by Gasteiger charge is -2.16. The molecule has 1 fully saturated rings. The zero-order chi connectivity index (χ0) is 12.4. The van der Waals surface area contributed by atoms with Crippen LogP contribution in [0.3, 0.4) is 0 Å². The van der Waals surface area contributed by atoms with Crippen molar-refractivity contribution in [3.63, 3.8) is 0 Å². The van der Waals surface area contributed by atoms with Crippen LogP contribution in [-0.4, -0.2) is 5.91 Å². The minimum absolute atomic E-state index is 0.166. The Morgan fingerprint density at radius 1 is 1.41 bits per heavy atom. The molecule has 3 heteroatoms. The van der Waals surface area contributed by atoms with Gasteiger partial charge in [0.15, 0.2) is 0 Å². The van der Waals surface area contributed by atoms with E-state index in [4.69, 9.17) is 0 Å². The highest BCUT2D eigenvalue weighted by Gasteiger charge is 2.29. The first-order valence-electron chi connectivity index (χ1n) is 6.15. The summed E-state index contributed by atoms with van der Waals surface area (Å²) in [5.41, 5.74) is 2.06. The van der Waals surface area contributed by atoms with Gasteiger partial charge in [0.05, 0.1) is 5.69 Å². The van der Waals surface area contributed by atoms with E-state index in [-0.39, 0.29) is 11.8 Å².